The monoisotopic (exact) mass is 802 g/mol. The Morgan fingerprint density at radius 3 is 2.21 bits per heavy atom. The summed E-state index contributed by atoms with van der Waals surface area (Å²) >= 11 is 0. The van der Waals surface area contributed by atoms with Crippen molar-refractivity contribution in [3.05, 3.63) is 36.0 Å². The summed E-state index contributed by atoms with van der Waals surface area (Å²) in [6.07, 6.45) is 12.5. The van der Waals surface area contributed by atoms with E-state index in [-0.39, 0.29) is 103 Å². The van der Waals surface area contributed by atoms with Crippen LogP contribution in [0.15, 0.2) is 36.0 Å². The van der Waals surface area contributed by atoms with E-state index in [0.717, 1.165) is 31.3 Å². The molecule has 6 aliphatic rings. The van der Waals surface area contributed by atoms with E-state index in [1.807, 2.05) is 26.8 Å². The lowest BCUT2D eigenvalue weighted by atomic mass is 9.70. The Labute approximate surface area is 341 Å². The van der Waals surface area contributed by atoms with E-state index in [0.29, 0.717) is 31.9 Å². The third-order valence-corrected chi connectivity index (χ3v) is 13.8. The lowest BCUT2D eigenvalue weighted by Gasteiger charge is -2.44. The van der Waals surface area contributed by atoms with Gasteiger partial charge in [-0.2, -0.15) is 0 Å². The van der Waals surface area contributed by atoms with Crippen LogP contribution >= 0.6 is 0 Å². The fourth-order valence-corrected chi connectivity index (χ4v) is 10.9. The van der Waals surface area contributed by atoms with Crippen molar-refractivity contribution in [2.24, 2.45) is 35.5 Å². The van der Waals surface area contributed by atoms with Crippen LogP contribution in [0.2, 0.25) is 0 Å². The summed E-state index contributed by atoms with van der Waals surface area (Å²) in [5.41, 5.74) is 0.718. The number of hydrogen-bond donors (Lipinski definition) is 0. The molecule has 12 heteroatoms. The smallest absolute Gasteiger partial charge is 0.307 e. The maximum atomic E-state index is 14.9. The summed E-state index contributed by atoms with van der Waals surface area (Å²) in [6.45, 7) is 10.7. The molecule has 57 heavy (non-hydrogen) atoms. The highest BCUT2D eigenvalue weighted by Gasteiger charge is 2.56. The Bertz CT molecular complexity index is 1430. The van der Waals surface area contributed by atoms with Gasteiger partial charge >= 0.3 is 5.97 Å². The van der Waals surface area contributed by atoms with Gasteiger partial charge in [-0.15, -0.1) is 0 Å². The number of nitrogens with zero attached hydrogens (tertiary/aromatic N) is 1. The molecule has 1 saturated carbocycles. The molecule has 3 aliphatic carbocycles. The first kappa shape index (κ1) is 44.5. The number of cyclic esters (lactones) is 1. The highest BCUT2D eigenvalue weighted by molar-refractivity contribution is 5.99. The topological polar surface area (TPSA) is 120 Å². The van der Waals surface area contributed by atoms with Gasteiger partial charge in [0.15, 0.2) is 18.4 Å². The molecule has 3 aliphatic heterocycles. The van der Waals surface area contributed by atoms with Gasteiger partial charge < -0.3 is 47.5 Å². The highest BCUT2D eigenvalue weighted by atomic mass is 16.7. The Morgan fingerprint density at radius 2 is 1.54 bits per heavy atom. The van der Waals surface area contributed by atoms with Crippen LogP contribution in [0.25, 0.3) is 0 Å². The molecule has 6 rings (SSSR count). The van der Waals surface area contributed by atoms with E-state index in [1.54, 1.807) is 21.3 Å². The highest BCUT2D eigenvalue weighted by Crippen LogP contribution is 2.55. The minimum absolute atomic E-state index is 0.0142. The summed E-state index contributed by atoms with van der Waals surface area (Å²) in [7, 11) is 9.11. The van der Waals surface area contributed by atoms with Crippen LogP contribution in [0.5, 0.6) is 0 Å². The maximum Gasteiger partial charge on any atom is 0.307 e. The molecular weight excluding hydrogens is 730 g/mol. The number of carbonyl (C=O) groups excluding carboxylic acids is 2. The van der Waals surface area contributed by atoms with Crippen LogP contribution in [-0.2, 0) is 52.2 Å². The molecule has 0 spiro atoms. The molecule has 12 nitrogen and oxygen atoms in total. The number of methoxy groups -OCH3 is 3. The molecule has 7 unspecified atom stereocenters. The third-order valence-electron chi connectivity index (χ3n) is 13.8. The second-order valence-electron chi connectivity index (χ2n) is 17.4. The number of hydrogen-bond acceptors (Lipinski definition) is 12. The van der Waals surface area contributed by atoms with Gasteiger partial charge in [-0.25, -0.2) is 0 Å². The van der Waals surface area contributed by atoms with E-state index < -0.39 is 18.3 Å². The fraction of sp³-hybridized carbons (Fsp3) is 0.822. The Kier molecular flexibility index (Phi) is 15.7. The van der Waals surface area contributed by atoms with Crippen LogP contribution in [0.3, 0.4) is 0 Å². The summed E-state index contributed by atoms with van der Waals surface area (Å²) < 4.78 is 56.6. The number of allylic oxidation sites excluding steroid dienone is 4. The van der Waals surface area contributed by atoms with E-state index in [4.69, 9.17) is 42.6 Å². The first-order valence-corrected chi connectivity index (χ1v) is 21.7. The van der Waals surface area contributed by atoms with Gasteiger partial charge in [-0.1, -0.05) is 38.2 Å². The number of carbonyl (C=O) groups is 2. The normalized spacial score (nSPS) is 44.2. The second-order valence-corrected chi connectivity index (χ2v) is 17.4. The van der Waals surface area contributed by atoms with Crippen molar-refractivity contribution in [3.63, 3.8) is 0 Å². The number of ether oxygens (including phenoxy) is 9. The molecule has 3 heterocycles. The predicted octanol–water partition coefficient (Wildman–Crippen LogP) is 6.06. The molecule has 0 bridgehead atoms. The summed E-state index contributed by atoms with van der Waals surface area (Å²) in [6, 6.07) is 0.319. The average molecular weight is 802 g/mol. The Morgan fingerprint density at radius 1 is 0.807 bits per heavy atom. The van der Waals surface area contributed by atoms with Crippen molar-refractivity contribution in [2.75, 3.05) is 42.0 Å². The van der Waals surface area contributed by atoms with Gasteiger partial charge in [-0.05, 0) is 109 Å². The van der Waals surface area contributed by atoms with E-state index in [1.165, 1.54) is 0 Å². The lowest BCUT2D eigenvalue weighted by Crippen LogP contribution is -2.60. The molecule has 18 atom stereocenters. The SMILES string of the molecule is CC/C=C/[C@H]1CCC[C@H](OC2CC[C@H](N(C)C)[C@@H](C)O2)[C@@H](C)C(=O)C2=CC3C(C=CC4C3CC(O[C@@H]3O[C@@H](C)[C@H](OC)[C@@H](OC)[C@H]3OC)[C@H]4OCC)C2CC(=O)O1. The number of likely N-dealkylation sites (N-methyl/N-ethyl adjacent to an activating group) is 1. The maximum absolute atomic E-state index is 14.9. The number of Topliss-reactive ketones (excluding diaryl/α,β-unsaturated/α-hetero) is 1. The number of ketones is 1. The van der Waals surface area contributed by atoms with Gasteiger partial charge in [-0.3, -0.25) is 9.59 Å². The Balaban J connectivity index is 1.27. The Hall–Kier alpha value is -2.00. The van der Waals surface area contributed by atoms with Crippen molar-refractivity contribution in [1.82, 2.24) is 4.90 Å². The summed E-state index contributed by atoms with van der Waals surface area (Å²) in [4.78, 5) is 30.9. The summed E-state index contributed by atoms with van der Waals surface area (Å²) in [5, 5.41) is 0. The number of esters is 1. The first-order chi connectivity index (χ1) is 27.4. The standard InChI is InChI=1S/C45H71NO11/c1-11-13-15-28-16-14-17-36(56-39-21-20-35(46(6)7)26(4)53-39)25(3)40(48)34-22-31-29(33(34)24-38(47)55-28)18-19-30-32(31)23-37(42(30)52-12-2)57-45-44(51-10)43(50-9)41(49-8)27(5)54-45/h13,15,18-19,22,25-33,35-37,39,41-45H,11-12,14,16-17,20-21,23-24H2,1-10H3/b15-13+/t25-,26-,27+,28+,29?,30?,31?,32?,33?,35+,36+,37?,39?,41+,42+,43-,44-,45+/m1/s1. The van der Waals surface area contributed by atoms with E-state index in [9.17, 15) is 9.59 Å². The molecule has 0 aromatic carbocycles. The minimum atomic E-state index is -0.695. The van der Waals surface area contributed by atoms with Gasteiger partial charge in [0.1, 0.15) is 24.4 Å². The largest absolute Gasteiger partial charge is 0.458 e. The molecule has 0 radical (unpaired) electrons. The van der Waals surface area contributed by atoms with Crippen LogP contribution in [-0.4, -0.2) is 132 Å². The van der Waals surface area contributed by atoms with Crippen molar-refractivity contribution in [1.29, 1.82) is 0 Å². The van der Waals surface area contributed by atoms with Crippen molar-refractivity contribution < 1.29 is 52.2 Å². The van der Waals surface area contributed by atoms with Crippen LogP contribution in [0, 0.1) is 35.5 Å². The van der Waals surface area contributed by atoms with E-state index in [2.05, 4.69) is 57.1 Å². The predicted molar refractivity (Wildman–Crippen MR) is 214 cm³/mol. The lowest BCUT2D eigenvalue weighted by molar-refractivity contribution is -0.320. The zero-order chi connectivity index (χ0) is 41.0. The first-order valence-electron chi connectivity index (χ1n) is 21.7. The number of fused-ring (bicyclic) bond motifs is 5. The van der Waals surface area contributed by atoms with Gasteiger partial charge in [0.25, 0.3) is 0 Å². The van der Waals surface area contributed by atoms with Crippen LogP contribution in [0.1, 0.15) is 86.0 Å². The van der Waals surface area contributed by atoms with Crippen LogP contribution in [0.4, 0.5) is 0 Å². The van der Waals surface area contributed by atoms with Crippen molar-refractivity contribution in [2.45, 2.75) is 160 Å². The molecule has 322 valence electrons. The number of rotatable bonds is 12. The zero-order valence-corrected chi connectivity index (χ0v) is 36.1. The zero-order valence-electron chi connectivity index (χ0n) is 36.1. The van der Waals surface area contributed by atoms with Crippen LogP contribution < -0.4 is 0 Å². The second kappa shape index (κ2) is 20.0. The quantitative estimate of drug-likeness (QED) is 0.169. The average Bonchev–Trinajstić information content (AvgIpc) is 3.72. The molecule has 0 N–H and O–H groups in total. The molecule has 3 saturated heterocycles. The van der Waals surface area contributed by atoms with Gasteiger partial charge in [0.05, 0.1) is 36.9 Å². The molecular formula is C45H71NO11. The third kappa shape index (κ3) is 9.65. The van der Waals surface area contributed by atoms with Crippen molar-refractivity contribution in [3.8, 4) is 0 Å². The summed E-state index contributed by atoms with van der Waals surface area (Å²) in [5.74, 6) is -0.792. The fourth-order valence-electron chi connectivity index (χ4n) is 10.9. The molecule has 4 fully saturated rings. The van der Waals surface area contributed by atoms with E-state index >= 15 is 0 Å². The molecule has 0 aromatic rings. The molecule has 0 aromatic heterocycles. The minimum Gasteiger partial charge on any atom is -0.458 e. The molecule has 0 amide bonds. The van der Waals surface area contributed by atoms with Gasteiger partial charge in [0, 0.05) is 51.7 Å². The van der Waals surface area contributed by atoms with Gasteiger partial charge in [0.2, 0.25) is 0 Å². The van der Waals surface area contributed by atoms with Crippen molar-refractivity contribution >= 4 is 11.8 Å².